The van der Waals surface area contributed by atoms with Gasteiger partial charge in [-0.3, -0.25) is 14.6 Å². The molecule has 2 aromatic rings. The molecule has 27 heavy (non-hydrogen) atoms. The van der Waals surface area contributed by atoms with Gasteiger partial charge in [-0.2, -0.15) is 0 Å². The van der Waals surface area contributed by atoms with Crippen LogP contribution in [0.25, 0.3) is 0 Å². The van der Waals surface area contributed by atoms with E-state index in [1.807, 2.05) is 19.9 Å². The monoisotopic (exact) mass is 371 g/mol. The second-order valence-corrected chi connectivity index (χ2v) is 5.78. The number of ether oxygens (including phenoxy) is 2. The number of benzene rings is 1. The molecule has 0 atom stereocenters. The molecule has 1 aromatic heterocycles. The number of aromatic nitrogens is 1. The van der Waals surface area contributed by atoms with Gasteiger partial charge >= 0.3 is 0 Å². The minimum Gasteiger partial charge on any atom is -0.493 e. The molecule has 7 nitrogen and oxygen atoms in total. The first-order chi connectivity index (χ1) is 13.0. The molecule has 0 spiro atoms. The average Bonchev–Trinajstić information content (AvgIpc) is 2.72. The van der Waals surface area contributed by atoms with Gasteiger partial charge in [0.25, 0.3) is 11.8 Å². The number of nitrogens with one attached hydrogen (secondary N) is 1. The Morgan fingerprint density at radius 2 is 1.74 bits per heavy atom. The Morgan fingerprint density at radius 3 is 2.37 bits per heavy atom. The summed E-state index contributed by atoms with van der Waals surface area (Å²) in [5.41, 5.74) is 1.52. The number of hydrogen-bond acceptors (Lipinski definition) is 5. The van der Waals surface area contributed by atoms with E-state index in [0.29, 0.717) is 36.7 Å². The van der Waals surface area contributed by atoms with Crippen LogP contribution in [0.15, 0.2) is 36.5 Å². The van der Waals surface area contributed by atoms with E-state index >= 15 is 0 Å². The highest BCUT2D eigenvalue weighted by Crippen LogP contribution is 2.27. The van der Waals surface area contributed by atoms with Crippen LogP contribution in [0.3, 0.4) is 0 Å². The van der Waals surface area contributed by atoms with E-state index in [0.717, 1.165) is 5.56 Å². The maximum Gasteiger partial charge on any atom is 0.272 e. The van der Waals surface area contributed by atoms with Gasteiger partial charge in [-0.15, -0.1) is 0 Å². The molecule has 0 aliphatic rings. The van der Waals surface area contributed by atoms with Crippen molar-refractivity contribution in [1.29, 1.82) is 0 Å². The van der Waals surface area contributed by atoms with Crippen LogP contribution >= 0.6 is 0 Å². The molecule has 0 bridgehead atoms. The Morgan fingerprint density at radius 1 is 1.04 bits per heavy atom. The van der Waals surface area contributed by atoms with Gasteiger partial charge in [-0.05, 0) is 43.7 Å². The van der Waals surface area contributed by atoms with Crippen molar-refractivity contribution in [2.24, 2.45) is 0 Å². The van der Waals surface area contributed by atoms with Crippen LogP contribution in [0, 0.1) is 0 Å². The predicted octanol–water partition coefficient (Wildman–Crippen LogP) is 2.51. The van der Waals surface area contributed by atoms with E-state index in [-0.39, 0.29) is 17.5 Å². The first kappa shape index (κ1) is 20.2. The molecule has 144 valence electrons. The van der Waals surface area contributed by atoms with Crippen molar-refractivity contribution in [2.75, 3.05) is 27.3 Å². The zero-order valence-electron chi connectivity index (χ0n) is 16.1. The standard InChI is InChI=1S/C20H25N3O4/c1-5-23(6-2)20(25)16-12-15(9-10-21-16)19(24)22-13-14-7-8-17(26-3)18(11-14)27-4/h7-12H,5-6,13H2,1-4H3,(H,22,24). The summed E-state index contributed by atoms with van der Waals surface area (Å²) in [4.78, 5) is 30.6. The molecule has 0 fully saturated rings. The quantitative estimate of drug-likeness (QED) is 0.771. The lowest BCUT2D eigenvalue weighted by Gasteiger charge is -2.18. The minimum absolute atomic E-state index is 0.186. The minimum atomic E-state index is -0.277. The number of carbonyl (C=O) groups excluding carboxylic acids is 2. The smallest absolute Gasteiger partial charge is 0.272 e. The highest BCUT2D eigenvalue weighted by atomic mass is 16.5. The van der Waals surface area contributed by atoms with Gasteiger partial charge in [-0.1, -0.05) is 6.07 Å². The molecule has 0 aliphatic carbocycles. The summed E-state index contributed by atoms with van der Waals surface area (Å²) in [6, 6.07) is 8.55. The fraction of sp³-hybridized carbons (Fsp3) is 0.350. The van der Waals surface area contributed by atoms with Gasteiger partial charge in [-0.25, -0.2) is 0 Å². The number of carbonyl (C=O) groups is 2. The lowest BCUT2D eigenvalue weighted by molar-refractivity contribution is 0.0767. The second-order valence-electron chi connectivity index (χ2n) is 5.78. The Hall–Kier alpha value is -3.09. The van der Waals surface area contributed by atoms with Crippen LogP contribution in [0.5, 0.6) is 11.5 Å². The molecule has 2 rings (SSSR count). The largest absolute Gasteiger partial charge is 0.493 e. The molecule has 0 radical (unpaired) electrons. The van der Waals surface area contributed by atoms with Crippen molar-refractivity contribution in [1.82, 2.24) is 15.2 Å². The van der Waals surface area contributed by atoms with Crippen LogP contribution in [0.1, 0.15) is 40.3 Å². The molecule has 0 saturated heterocycles. The zero-order valence-corrected chi connectivity index (χ0v) is 16.1. The lowest BCUT2D eigenvalue weighted by atomic mass is 10.1. The molecule has 1 N–H and O–H groups in total. The number of hydrogen-bond donors (Lipinski definition) is 1. The number of amides is 2. The third-order valence-electron chi connectivity index (χ3n) is 4.19. The molecule has 0 saturated carbocycles. The fourth-order valence-electron chi connectivity index (χ4n) is 2.64. The predicted molar refractivity (Wildman–Crippen MR) is 102 cm³/mol. The Balaban J connectivity index is 2.08. The normalized spacial score (nSPS) is 10.2. The summed E-state index contributed by atoms with van der Waals surface area (Å²) in [7, 11) is 3.13. The SMILES string of the molecule is CCN(CC)C(=O)c1cc(C(=O)NCc2ccc(OC)c(OC)c2)ccn1. The summed E-state index contributed by atoms with van der Waals surface area (Å²) in [6.07, 6.45) is 1.47. The van der Waals surface area contributed by atoms with Crippen molar-refractivity contribution in [3.63, 3.8) is 0 Å². The average molecular weight is 371 g/mol. The molecule has 7 heteroatoms. The Bertz CT molecular complexity index is 804. The third-order valence-corrected chi connectivity index (χ3v) is 4.19. The van der Waals surface area contributed by atoms with Gasteiger partial charge < -0.3 is 19.7 Å². The molecule has 1 aromatic carbocycles. The van der Waals surface area contributed by atoms with Crippen molar-refractivity contribution >= 4 is 11.8 Å². The van der Waals surface area contributed by atoms with Crippen LogP contribution < -0.4 is 14.8 Å². The maximum absolute atomic E-state index is 12.5. The first-order valence-corrected chi connectivity index (χ1v) is 8.78. The number of nitrogens with zero attached hydrogens (tertiary/aromatic N) is 2. The van der Waals surface area contributed by atoms with Crippen molar-refractivity contribution < 1.29 is 19.1 Å². The van der Waals surface area contributed by atoms with Crippen LogP contribution in [0.2, 0.25) is 0 Å². The molecule has 0 aliphatic heterocycles. The first-order valence-electron chi connectivity index (χ1n) is 8.78. The molecule has 1 heterocycles. The second kappa shape index (κ2) is 9.56. The van der Waals surface area contributed by atoms with E-state index < -0.39 is 0 Å². The summed E-state index contributed by atoms with van der Waals surface area (Å²) in [5, 5.41) is 2.84. The van der Waals surface area contributed by atoms with Crippen LogP contribution in [0.4, 0.5) is 0 Å². The van der Waals surface area contributed by atoms with Crippen LogP contribution in [-0.4, -0.2) is 49.0 Å². The van der Waals surface area contributed by atoms with Gasteiger partial charge in [0.2, 0.25) is 0 Å². The molecular weight excluding hydrogens is 346 g/mol. The molecule has 0 unspecified atom stereocenters. The summed E-state index contributed by atoms with van der Waals surface area (Å²) >= 11 is 0. The maximum atomic E-state index is 12.5. The van der Waals surface area contributed by atoms with Crippen molar-refractivity contribution in [2.45, 2.75) is 20.4 Å². The topological polar surface area (TPSA) is 80.8 Å². The van der Waals surface area contributed by atoms with E-state index in [1.54, 1.807) is 37.3 Å². The number of rotatable bonds is 8. The van der Waals surface area contributed by atoms with E-state index in [1.165, 1.54) is 12.3 Å². The molecular formula is C20H25N3O4. The van der Waals surface area contributed by atoms with Gasteiger partial charge in [0.05, 0.1) is 14.2 Å². The summed E-state index contributed by atoms with van der Waals surface area (Å²) in [6.45, 7) is 5.31. The van der Waals surface area contributed by atoms with Crippen molar-refractivity contribution in [3.05, 3.63) is 53.3 Å². The highest BCUT2D eigenvalue weighted by molar-refractivity contribution is 5.98. The van der Waals surface area contributed by atoms with E-state index in [4.69, 9.17) is 9.47 Å². The van der Waals surface area contributed by atoms with Gasteiger partial charge in [0, 0.05) is 31.4 Å². The summed E-state index contributed by atoms with van der Waals surface area (Å²) < 4.78 is 10.5. The Kier molecular flexibility index (Phi) is 7.16. The van der Waals surface area contributed by atoms with Crippen LogP contribution in [-0.2, 0) is 6.54 Å². The summed E-state index contributed by atoms with van der Waals surface area (Å²) in [5.74, 6) is 0.761. The van der Waals surface area contributed by atoms with Crippen molar-refractivity contribution in [3.8, 4) is 11.5 Å². The highest BCUT2D eigenvalue weighted by Gasteiger charge is 2.16. The van der Waals surface area contributed by atoms with Gasteiger partial charge in [0.15, 0.2) is 11.5 Å². The van der Waals surface area contributed by atoms with E-state index in [9.17, 15) is 9.59 Å². The Labute approximate surface area is 159 Å². The zero-order chi connectivity index (χ0) is 19.8. The molecule has 2 amide bonds. The fourth-order valence-corrected chi connectivity index (χ4v) is 2.64. The van der Waals surface area contributed by atoms with Gasteiger partial charge in [0.1, 0.15) is 5.69 Å². The van der Waals surface area contributed by atoms with E-state index in [2.05, 4.69) is 10.3 Å². The lowest BCUT2D eigenvalue weighted by Crippen LogP contribution is -2.31. The number of pyridine rings is 1. The third kappa shape index (κ3) is 4.97. The number of methoxy groups -OCH3 is 2.